The maximum Gasteiger partial charge on any atom is 0.193 e. The lowest BCUT2D eigenvalue weighted by atomic mass is 9.46. The Bertz CT molecular complexity index is 1480. The molecule has 2 unspecified atom stereocenters. The molecule has 0 amide bonds. The fourth-order valence-corrected chi connectivity index (χ4v) is 9.20. The highest BCUT2D eigenvalue weighted by Gasteiger charge is 2.75. The van der Waals surface area contributed by atoms with Crippen molar-refractivity contribution < 1.29 is 34.0 Å². The minimum Gasteiger partial charge on any atom is -0.457 e. The zero-order valence-electron chi connectivity index (χ0n) is 23.9. The summed E-state index contributed by atoms with van der Waals surface area (Å²) in [6.45, 7) is 3.50. The van der Waals surface area contributed by atoms with Crippen LogP contribution in [-0.4, -0.2) is 46.2 Å². The lowest BCUT2D eigenvalue weighted by Crippen LogP contribution is -2.63. The Morgan fingerprint density at radius 3 is 2.48 bits per heavy atom. The van der Waals surface area contributed by atoms with Crippen molar-refractivity contribution in [3.8, 4) is 11.5 Å². The normalized spacial score (nSPS) is 40.0. The summed E-state index contributed by atoms with van der Waals surface area (Å²) < 4.78 is 19.1. The Balaban J connectivity index is 1.17. The van der Waals surface area contributed by atoms with E-state index in [4.69, 9.17) is 19.9 Å². The van der Waals surface area contributed by atoms with Crippen molar-refractivity contribution in [2.24, 2.45) is 28.6 Å². The van der Waals surface area contributed by atoms with Crippen molar-refractivity contribution in [1.29, 1.82) is 0 Å². The van der Waals surface area contributed by atoms with Gasteiger partial charge in [-0.3, -0.25) is 9.59 Å². The summed E-state index contributed by atoms with van der Waals surface area (Å²) in [5, 5.41) is 22.0. The molecule has 220 valence electrons. The monoisotopic (exact) mass is 571 g/mol. The maximum atomic E-state index is 13.7. The van der Waals surface area contributed by atoms with E-state index in [2.05, 4.69) is 6.92 Å². The van der Waals surface area contributed by atoms with E-state index in [1.54, 1.807) is 36.4 Å². The molecule has 1 heterocycles. The van der Waals surface area contributed by atoms with E-state index in [1.165, 1.54) is 0 Å². The highest BCUT2D eigenvalue weighted by Crippen LogP contribution is 2.70. The summed E-state index contributed by atoms with van der Waals surface area (Å²) in [6.07, 6.45) is 5.80. The Morgan fingerprint density at radius 1 is 1.10 bits per heavy atom. The van der Waals surface area contributed by atoms with E-state index in [0.717, 1.165) is 24.0 Å². The number of allylic oxidation sites excluding steroid dienone is 4. The van der Waals surface area contributed by atoms with Gasteiger partial charge < -0.3 is 30.2 Å². The zero-order chi connectivity index (χ0) is 29.4. The van der Waals surface area contributed by atoms with Gasteiger partial charge >= 0.3 is 0 Å². The predicted octanol–water partition coefficient (Wildman–Crippen LogP) is 4.66. The van der Waals surface area contributed by atoms with E-state index in [-0.39, 0.29) is 23.5 Å². The number of carbonyl (C=O) groups excluding carboxylic acids is 2. The van der Waals surface area contributed by atoms with Crippen molar-refractivity contribution in [3.05, 3.63) is 77.9 Å². The van der Waals surface area contributed by atoms with E-state index in [0.29, 0.717) is 30.0 Å². The molecule has 0 bridgehead atoms. The zero-order valence-corrected chi connectivity index (χ0v) is 23.9. The molecule has 8 nitrogen and oxygen atoms in total. The fourth-order valence-electron chi connectivity index (χ4n) is 9.20. The number of benzene rings is 2. The summed E-state index contributed by atoms with van der Waals surface area (Å²) in [5.74, 6) is 0.973. The second kappa shape index (κ2) is 9.61. The van der Waals surface area contributed by atoms with Crippen LogP contribution in [0.1, 0.15) is 51.4 Å². The van der Waals surface area contributed by atoms with Crippen molar-refractivity contribution in [2.75, 3.05) is 12.3 Å². The molecule has 5 aliphatic rings. The van der Waals surface area contributed by atoms with Crippen LogP contribution in [0, 0.1) is 28.6 Å². The number of anilines is 1. The molecule has 2 aromatic rings. The summed E-state index contributed by atoms with van der Waals surface area (Å²) >= 11 is 0. The van der Waals surface area contributed by atoms with Gasteiger partial charge in [0, 0.05) is 28.0 Å². The van der Waals surface area contributed by atoms with Crippen LogP contribution in [0.25, 0.3) is 0 Å². The molecular weight excluding hydrogens is 534 g/mol. The second-order valence-corrected chi connectivity index (χ2v) is 13.1. The number of aliphatic hydroxyl groups is 2. The van der Waals surface area contributed by atoms with Gasteiger partial charge in [-0.05, 0) is 86.1 Å². The SMILES string of the molecule is C[C@]12C=CC(=O)C=C1CC[C@@H]1C2[C@@H](O)C[C@@]2(C)C1C[C@H]1O[C@@H](c3ccc(Oc4ccc(N)cc4)cc3)O[C@]12C(=O)CO. The first-order valence-electron chi connectivity index (χ1n) is 14.8. The third-order valence-corrected chi connectivity index (χ3v) is 11.1. The van der Waals surface area contributed by atoms with Gasteiger partial charge in [-0.2, -0.15) is 0 Å². The Labute approximate surface area is 245 Å². The first-order valence-corrected chi connectivity index (χ1v) is 14.8. The van der Waals surface area contributed by atoms with Crippen LogP contribution < -0.4 is 10.5 Å². The van der Waals surface area contributed by atoms with Gasteiger partial charge in [-0.1, -0.05) is 37.6 Å². The van der Waals surface area contributed by atoms with Gasteiger partial charge in [0.2, 0.25) is 0 Å². The molecule has 8 heteroatoms. The Hall–Kier alpha value is -3.30. The third kappa shape index (κ3) is 3.82. The van der Waals surface area contributed by atoms with E-state index < -0.39 is 47.3 Å². The first kappa shape index (κ1) is 27.5. The van der Waals surface area contributed by atoms with E-state index >= 15 is 0 Å². The number of hydrogen-bond donors (Lipinski definition) is 3. The minimum absolute atomic E-state index is 0.00311. The summed E-state index contributed by atoms with van der Waals surface area (Å²) in [6, 6.07) is 14.5. The number of fused-ring (bicyclic) bond motifs is 7. The molecule has 0 radical (unpaired) electrons. The molecule has 0 aromatic heterocycles. The van der Waals surface area contributed by atoms with Gasteiger partial charge in [0.15, 0.2) is 23.5 Å². The number of rotatable bonds is 5. The Morgan fingerprint density at radius 2 is 1.79 bits per heavy atom. The highest BCUT2D eigenvalue weighted by molar-refractivity contribution is 6.01. The smallest absolute Gasteiger partial charge is 0.193 e. The molecule has 4 aliphatic carbocycles. The number of nitrogens with two attached hydrogens (primary N) is 1. The van der Waals surface area contributed by atoms with E-state index in [1.807, 2.05) is 37.3 Å². The number of ketones is 2. The summed E-state index contributed by atoms with van der Waals surface area (Å²) in [7, 11) is 0. The van der Waals surface area contributed by atoms with Crippen molar-refractivity contribution >= 4 is 17.3 Å². The number of ether oxygens (including phenoxy) is 3. The number of Topliss-reactive ketones (excluding diaryl/α,β-unsaturated/α-hetero) is 1. The van der Waals surface area contributed by atoms with Gasteiger partial charge in [0.1, 0.15) is 18.1 Å². The molecule has 9 atom stereocenters. The van der Waals surface area contributed by atoms with E-state index in [9.17, 15) is 19.8 Å². The van der Waals surface area contributed by atoms with Gasteiger partial charge in [-0.15, -0.1) is 0 Å². The standard InChI is InChI=1S/C34H37NO7/c1-32-14-13-22(37)15-20(32)5-12-25-26-16-29-34(28(39)18-36,33(26,2)17-27(38)30(25)32)42-31(41-29)19-3-8-23(9-4-19)40-24-10-6-21(35)7-11-24/h3-4,6-11,13-15,25-27,29-31,36,38H,5,12,16-18,35H2,1-2H3/t25-,26?,27-,29+,30?,31+,32-,33-,34+/m0/s1. The molecule has 7 rings (SSSR count). The lowest BCUT2D eigenvalue weighted by Gasteiger charge is -2.59. The molecular formula is C34H37NO7. The van der Waals surface area contributed by atoms with Crippen LogP contribution in [0.5, 0.6) is 11.5 Å². The fraction of sp³-hybridized carbons (Fsp3) is 0.471. The average Bonchev–Trinajstić information content (AvgIpc) is 3.47. The minimum atomic E-state index is -1.38. The third-order valence-electron chi connectivity index (χ3n) is 11.1. The summed E-state index contributed by atoms with van der Waals surface area (Å²) in [5.41, 5.74) is 5.71. The van der Waals surface area contributed by atoms with Gasteiger partial charge in [-0.25, -0.2) is 0 Å². The topological polar surface area (TPSA) is 128 Å². The van der Waals surface area contributed by atoms with Gasteiger partial charge in [0.25, 0.3) is 0 Å². The molecule has 4 N–H and O–H groups in total. The largest absolute Gasteiger partial charge is 0.457 e. The molecule has 1 aliphatic heterocycles. The lowest BCUT2D eigenvalue weighted by molar-refractivity contribution is -0.201. The van der Waals surface area contributed by atoms with Crippen molar-refractivity contribution in [2.45, 2.75) is 63.6 Å². The second-order valence-electron chi connectivity index (χ2n) is 13.1. The quantitative estimate of drug-likeness (QED) is 0.442. The van der Waals surface area contributed by atoms with Gasteiger partial charge in [0.05, 0.1) is 12.2 Å². The summed E-state index contributed by atoms with van der Waals surface area (Å²) in [4.78, 5) is 25.9. The predicted molar refractivity (Wildman–Crippen MR) is 154 cm³/mol. The average molecular weight is 572 g/mol. The molecule has 4 fully saturated rings. The van der Waals surface area contributed by atoms with Crippen molar-refractivity contribution in [3.63, 3.8) is 0 Å². The molecule has 0 spiro atoms. The van der Waals surface area contributed by atoms with Crippen LogP contribution in [0.3, 0.4) is 0 Å². The molecule has 42 heavy (non-hydrogen) atoms. The highest BCUT2D eigenvalue weighted by atomic mass is 16.7. The Kier molecular flexibility index (Phi) is 6.30. The van der Waals surface area contributed by atoms with Crippen LogP contribution in [0.4, 0.5) is 5.69 Å². The van der Waals surface area contributed by atoms with Crippen LogP contribution in [0.2, 0.25) is 0 Å². The van der Waals surface area contributed by atoms with Crippen LogP contribution in [0.15, 0.2) is 72.3 Å². The van der Waals surface area contributed by atoms with Crippen LogP contribution >= 0.6 is 0 Å². The molecule has 2 aromatic carbocycles. The number of hydrogen-bond acceptors (Lipinski definition) is 8. The number of carbonyl (C=O) groups is 2. The number of nitrogen functional groups attached to an aromatic ring is 1. The molecule has 1 saturated heterocycles. The number of aliphatic hydroxyl groups excluding tert-OH is 2. The first-order chi connectivity index (χ1) is 20.1. The van der Waals surface area contributed by atoms with Crippen LogP contribution in [-0.2, 0) is 19.1 Å². The molecule has 3 saturated carbocycles. The maximum absolute atomic E-state index is 13.7. The van der Waals surface area contributed by atoms with Crippen molar-refractivity contribution in [1.82, 2.24) is 0 Å².